The molecule has 1 atom stereocenters. The first-order valence-corrected chi connectivity index (χ1v) is 4.60. The van der Waals surface area contributed by atoms with Crippen molar-refractivity contribution < 1.29 is 4.74 Å². The van der Waals surface area contributed by atoms with Crippen molar-refractivity contribution in [1.29, 1.82) is 5.41 Å². The zero-order chi connectivity index (χ0) is 9.40. The molecule has 0 aliphatic carbocycles. The zero-order valence-electron chi connectivity index (χ0n) is 8.10. The van der Waals surface area contributed by atoms with Crippen LogP contribution >= 0.6 is 0 Å². The third-order valence-corrected chi connectivity index (χ3v) is 1.79. The molecule has 0 saturated heterocycles. The van der Waals surface area contributed by atoms with E-state index in [0.29, 0.717) is 6.61 Å². The van der Waals surface area contributed by atoms with Crippen LogP contribution in [0.2, 0.25) is 0 Å². The van der Waals surface area contributed by atoms with Gasteiger partial charge in [-0.25, -0.2) is 0 Å². The minimum atomic E-state index is 0.0617. The molecule has 0 aliphatic heterocycles. The molecule has 0 aromatic carbocycles. The fourth-order valence-electron chi connectivity index (χ4n) is 0.804. The van der Waals surface area contributed by atoms with Gasteiger partial charge in [0.15, 0.2) is 0 Å². The molecule has 0 amide bonds. The van der Waals surface area contributed by atoms with Crippen molar-refractivity contribution in [2.75, 3.05) is 13.2 Å². The Bertz CT molecular complexity index is 126. The summed E-state index contributed by atoms with van der Waals surface area (Å²) in [7, 11) is 0. The van der Waals surface area contributed by atoms with Gasteiger partial charge in [-0.1, -0.05) is 26.7 Å². The van der Waals surface area contributed by atoms with Gasteiger partial charge in [0.05, 0.1) is 12.4 Å². The predicted molar refractivity (Wildman–Crippen MR) is 51.4 cm³/mol. The van der Waals surface area contributed by atoms with E-state index in [2.05, 4.69) is 6.92 Å². The second-order valence-electron chi connectivity index (χ2n) is 3.14. The normalized spacial score (nSPS) is 12.8. The van der Waals surface area contributed by atoms with E-state index in [9.17, 15) is 0 Å². The van der Waals surface area contributed by atoms with Gasteiger partial charge in [0, 0.05) is 12.5 Å². The number of unbranched alkanes of at least 4 members (excludes halogenated alkanes) is 2. The summed E-state index contributed by atoms with van der Waals surface area (Å²) < 4.78 is 5.34. The quantitative estimate of drug-likeness (QED) is 0.349. The summed E-state index contributed by atoms with van der Waals surface area (Å²) in [4.78, 5) is 0. The molecule has 0 fully saturated rings. The minimum Gasteiger partial charge on any atom is -0.387 e. The Kier molecular flexibility index (Phi) is 6.76. The van der Waals surface area contributed by atoms with Gasteiger partial charge in [0.1, 0.15) is 0 Å². The highest BCUT2D eigenvalue weighted by atomic mass is 16.5. The topological polar surface area (TPSA) is 59.1 Å². The largest absolute Gasteiger partial charge is 0.387 e. The van der Waals surface area contributed by atoms with Gasteiger partial charge >= 0.3 is 0 Å². The molecule has 3 N–H and O–H groups in total. The highest BCUT2D eigenvalue weighted by Crippen LogP contribution is 1.98. The molecule has 12 heavy (non-hydrogen) atoms. The Balaban J connectivity index is 3.14. The Morgan fingerprint density at radius 1 is 1.50 bits per heavy atom. The molecule has 0 aliphatic rings. The first-order chi connectivity index (χ1) is 5.68. The van der Waals surface area contributed by atoms with Crippen LogP contribution in [0.15, 0.2) is 0 Å². The first kappa shape index (κ1) is 11.4. The van der Waals surface area contributed by atoms with Crippen molar-refractivity contribution in [3.63, 3.8) is 0 Å². The molecule has 0 spiro atoms. The van der Waals surface area contributed by atoms with Crippen LogP contribution in [0.4, 0.5) is 0 Å². The molecule has 0 bridgehead atoms. The van der Waals surface area contributed by atoms with Crippen molar-refractivity contribution >= 4 is 5.84 Å². The third kappa shape index (κ3) is 6.16. The van der Waals surface area contributed by atoms with E-state index in [4.69, 9.17) is 15.9 Å². The summed E-state index contributed by atoms with van der Waals surface area (Å²) in [5.41, 5.74) is 5.28. The van der Waals surface area contributed by atoms with Crippen molar-refractivity contribution in [1.82, 2.24) is 0 Å². The van der Waals surface area contributed by atoms with Crippen molar-refractivity contribution in [2.45, 2.75) is 33.1 Å². The molecule has 0 rings (SSSR count). The summed E-state index contributed by atoms with van der Waals surface area (Å²) in [5.74, 6) is 0.275. The number of ether oxygens (including phenoxy) is 1. The van der Waals surface area contributed by atoms with Gasteiger partial charge in [-0.05, 0) is 6.42 Å². The Morgan fingerprint density at radius 2 is 2.17 bits per heavy atom. The highest BCUT2D eigenvalue weighted by molar-refractivity contribution is 5.79. The molecule has 3 nitrogen and oxygen atoms in total. The van der Waals surface area contributed by atoms with Crippen molar-refractivity contribution in [3.05, 3.63) is 0 Å². The maximum atomic E-state index is 7.11. The van der Waals surface area contributed by atoms with Crippen molar-refractivity contribution in [3.8, 4) is 0 Å². The number of amidine groups is 1. The Labute approximate surface area is 74.8 Å². The van der Waals surface area contributed by atoms with Crippen molar-refractivity contribution in [2.24, 2.45) is 11.7 Å². The standard InChI is InChI=1S/C9H20N2O/c1-3-4-5-6-12-7-8(2)9(10)11/h8H,3-7H2,1-2H3,(H3,10,11). The smallest absolute Gasteiger partial charge is 0.0957 e. The average Bonchev–Trinajstić information content (AvgIpc) is 2.03. The lowest BCUT2D eigenvalue weighted by Gasteiger charge is -2.09. The molecule has 0 aromatic heterocycles. The molecular weight excluding hydrogens is 152 g/mol. The van der Waals surface area contributed by atoms with E-state index in [1.807, 2.05) is 6.92 Å². The molecule has 3 heteroatoms. The number of hydrogen-bond acceptors (Lipinski definition) is 2. The van der Waals surface area contributed by atoms with Crippen LogP contribution < -0.4 is 5.73 Å². The summed E-state index contributed by atoms with van der Waals surface area (Å²) in [6.07, 6.45) is 3.54. The second-order valence-corrected chi connectivity index (χ2v) is 3.14. The van der Waals surface area contributed by atoms with Crippen LogP contribution in [0.25, 0.3) is 0 Å². The number of nitrogens with two attached hydrogens (primary N) is 1. The van der Waals surface area contributed by atoms with Crippen LogP contribution in [-0.4, -0.2) is 19.0 Å². The number of nitrogens with one attached hydrogen (secondary N) is 1. The van der Waals surface area contributed by atoms with Crippen LogP contribution in [-0.2, 0) is 4.74 Å². The van der Waals surface area contributed by atoms with Gasteiger partial charge in [-0.2, -0.15) is 0 Å². The van der Waals surface area contributed by atoms with E-state index in [1.165, 1.54) is 12.8 Å². The lowest BCUT2D eigenvalue weighted by Crippen LogP contribution is -2.24. The van der Waals surface area contributed by atoms with E-state index in [1.54, 1.807) is 0 Å². The predicted octanol–water partition coefficient (Wildman–Crippen LogP) is 1.77. The minimum absolute atomic E-state index is 0.0617. The van der Waals surface area contributed by atoms with Gasteiger partial charge in [0.25, 0.3) is 0 Å². The summed E-state index contributed by atoms with van der Waals surface area (Å²) >= 11 is 0. The lowest BCUT2D eigenvalue weighted by molar-refractivity contribution is 0.117. The van der Waals surface area contributed by atoms with Gasteiger partial charge in [0.2, 0.25) is 0 Å². The molecule has 1 unspecified atom stereocenters. The summed E-state index contributed by atoms with van der Waals surface area (Å²) in [5, 5.41) is 7.11. The molecule has 0 radical (unpaired) electrons. The zero-order valence-corrected chi connectivity index (χ0v) is 8.10. The van der Waals surface area contributed by atoms with Gasteiger partial charge in [-0.15, -0.1) is 0 Å². The Hall–Kier alpha value is -0.570. The monoisotopic (exact) mass is 172 g/mol. The van der Waals surface area contributed by atoms with E-state index in [0.717, 1.165) is 13.0 Å². The van der Waals surface area contributed by atoms with Crippen LogP contribution in [0, 0.1) is 11.3 Å². The molecule has 0 aromatic rings. The molecular formula is C9H20N2O. The van der Waals surface area contributed by atoms with Gasteiger partial charge < -0.3 is 10.5 Å². The van der Waals surface area contributed by atoms with E-state index >= 15 is 0 Å². The summed E-state index contributed by atoms with van der Waals surface area (Å²) in [6.45, 7) is 5.45. The van der Waals surface area contributed by atoms with Crippen LogP contribution in [0.5, 0.6) is 0 Å². The maximum Gasteiger partial charge on any atom is 0.0957 e. The SMILES string of the molecule is CCCCCOCC(C)C(=N)N. The second kappa shape index (κ2) is 7.10. The fraction of sp³-hybridized carbons (Fsp3) is 0.889. The highest BCUT2D eigenvalue weighted by Gasteiger charge is 2.03. The number of hydrogen-bond donors (Lipinski definition) is 2. The fourth-order valence-corrected chi connectivity index (χ4v) is 0.804. The van der Waals surface area contributed by atoms with E-state index in [-0.39, 0.29) is 11.8 Å². The summed E-state index contributed by atoms with van der Waals surface area (Å²) in [6, 6.07) is 0. The Morgan fingerprint density at radius 3 is 2.67 bits per heavy atom. The average molecular weight is 172 g/mol. The van der Waals surface area contributed by atoms with Crippen LogP contribution in [0.3, 0.4) is 0 Å². The van der Waals surface area contributed by atoms with Crippen LogP contribution in [0.1, 0.15) is 33.1 Å². The molecule has 0 heterocycles. The number of rotatable bonds is 7. The lowest BCUT2D eigenvalue weighted by atomic mass is 10.2. The first-order valence-electron chi connectivity index (χ1n) is 4.60. The molecule has 72 valence electrons. The maximum absolute atomic E-state index is 7.11. The van der Waals surface area contributed by atoms with E-state index < -0.39 is 0 Å². The van der Waals surface area contributed by atoms with Gasteiger partial charge in [-0.3, -0.25) is 5.41 Å². The molecule has 0 saturated carbocycles. The third-order valence-electron chi connectivity index (χ3n) is 1.79.